The van der Waals surface area contributed by atoms with Crippen molar-refractivity contribution in [3.63, 3.8) is 0 Å². The third-order valence-corrected chi connectivity index (χ3v) is 4.79. The summed E-state index contributed by atoms with van der Waals surface area (Å²) < 4.78 is 5.64. The molecule has 0 bridgehead atoms. The van der Waals surface area contributed by atoms with Crippen molar-refractivity contribution < 1.29 is 24.5 Å². The van der Waals surface area contributed by atoms with Crippen LogP contribution in [0.25, 0.3) is 5.78 Å². The maximum atomic E-state index is 11.4. The molecule has 11 heteroatoms. The molecule has 0 saturated carbocycles. The number of aromatic nitrogens is 3. The summed E-state index contributed by atoms with van der Waals surface area (Å²) in [4.78, 5) is 32.2. The van der Waals surface area contributed by atoms with Crippen LogP contribution >= 0.6 is 11.8 Å². The Hall–Kier alpha value is -3.68. The summed E-state index contributed by atoms with van der Waals surface area (Å²) in [6.45, 7) is 0. The molecular weight excluding hydrogens is 414 g/mol. The van der Waals surface area contributed by atoms with Gasteiger partial charge in [-0.25, -0.2) is 19.4 Å². The number of esters is 1. The predicted molar refractivity (Wildman–Crippen MR) is 104 cm³/mol. The molecule has 10 nitrogen and oxygen atoms in total. The Labute approximate surface area is 175 Å². The van der Waals surface area contributed by atoms with Gasteiger partial charge in [0, 0.05) is 12.1 Å². The minimum atomic E-state index is -1.31. The molecule has 0 unspecified atom stereocenters. The first kappa shape index (κ1) is 21.0. The molecule has 0 amide bonds. The number of fused-ring (bicyclic) bond motifs is 2. The van der Waals surface area contributed by atoms with Gasteiger partial charge in [0.05, 0.1) is 24.9 Å². The Balaban J connectivity index is 0.000000177. The number of carboxylic acid groups (broad SMARTS) is 1. The van der Waals surface area contributed by atoms with Gasteiger partial charge in [0.2, 0.25) is 11.7 Å². The fourth-order valence-electron chi connectivity index (χ4n) is 3.13. The van der Waals surface area contributed by atoms with Gasteiger partial charge < -0.3 is 14.9 Å². The Bertz CT molecular complexity index is 1170. The molecular formula is C19H16ClN5O5. The lowest BCUT2D eigenvalue weighted by Crippen LogP contribution is -2.12. The van der Waals surface area contributed by atoms with Crippen LogP contribution in [0.15, 0.2) is 30.5 Å². The van der Waals surface area contributed by atoms with Crippen LogP contribution in [0.2, 0.25) is 0 Å². The van der Waals surface area contributed by atoms with Gasteiger partial charge in [-0.15, -0.1) is 0 Å². The number of ether oxygens (including phenoxy) is 1. The average molecular weight is 430 g/mol. The summed E-state index contributed by atoms with van der Waals surface area (Å²) in [7, 11) is 1.16. The molecule has 0 fully saturated rings. The summed E-state index contributed by atoms with van der Waals surface area (Å²) in [5.74, 6) is -2.52. The zero-order chi connectivity index (χ0) is 21.8. The van der Waals surface area contributed by atoms with E-state index in [0.29, 0.717) is 0 Å². The molecule has 0 saturated heterocycles. The first-order valence-corrected chi connectivity index (χ1v) is 9.05. The van der Waals surface area contributed by atoms with E-state index in [1.165, 1.54) is 11.1 Å². The topological polar surface area (TPSA) is 150 Å². The number of carbonyl (C=O) groups is 2. The van der Waals surface area contributed by atoms with Crippen molar-refractivity contribution >= 4 is 29.5 Å². The first-order valence-electron chi connectivity index (χ1n) is 8.67. The third kappa shape index (κ3) is 4.17. The van der Waals surface area contributed by atoms with Crippen LogP contribution in [0.1, 0.15) is 50.1 Å². The summed E-state index contributed by atoms with van der Waals surface area (Å²) in [5, 5.41) is 26.7. The van der Waals surface area contributed by atoms with E-state index in [-0.39, 0.29) is 29.1 Å². The van der Waals surface area contributed by atoms with E-state index in [0.717, 1.165) is 42.2 Å². The molecule has 3 aromatic rings. The largest absolute Gasteiger partial charge is 0.492 e. The number of benzene rings is 1. The van der Waals surface area contributed by atoms with Crippen LogP contribution < -0.4 is 4.84 Å². The smallest absolute Gasteiger partial charge is 0.355 e. The van der Waals surface area contributed by atoms with E-state index < -0.39 is 11.9 Å². The maximum absolute atomic E-state index is 11.4. The quantitative estimate of drug-likeness (QED) is 0.420. The highest BCUT2D eigenvalue weighted by atomic mass is 35.5. The number of carbonyl (C=O) groups excluding carboxylic acids is 1. The summed E-state index contributed by atoms with van der Waals surface area (Å²) >= 11 is 5.59. The molecule has 0 spiro atoms. The van der Waals surface area contributed by atoms with Crippen molar-refractivity contribution in [2.24, 2.45) is 0 Å². The molecule has 154 valence electrons. The van der Waals surface area contributed by atoms with E-state index >= 15 is 0 Å². The zero-order valence-electron chi connectivity index (χ0n) is 15.7. The van der Waals surface area contributed by atoms with Crippen molar-refractivity contribution in [2.75, 3.05) is 7.11 Å². The molecule has 4 rings (SSSR count). The van der Waals surface area contributed by atoms with Gasteiger partial charge in [-0.05, 0) is 47.9 Å². The highest BCUT2D eigenvalue weighted by molar-refractivity contribution is 6.13. The summed E-state index contributed by atoms with van der Waals surface area (Å²) in [6.07, 6.45) is 3.17. The van der Waals surface area contributed by atoms with E-state index in [1.807, 2.05) is 18.2 Å². The zero-order valence-corrected chi connectivity index (χ0v) is 16.4. The normalized spacial score (nSPS) is 14.4. The number of aryl methyl sites for hydroxylation is 1. The second-order valence-electron chi connectivity index (χ2n) is 6.32. The van der Waals surface area contributed by atoms with Gasteiger partial charge in [0.1, 0.15) is 5.69 Å². The van der Waals surface area contributed by atoms with Crippen molar-refractivity contribution in [1.82, 2.24) is 19.2 Å². The molecule has 1 aliphatic rings. The molecule has 30 heavy (non-hydrogen) atoms. The number of carboxylic acids is 1. The van der Waals surface area contributed by atoms with Gasteiger partial charge in [0.15, 0.2) is 5.69 Å². The summed E-state index contributed by atoms with van der Waals surface area (Å²) in [5.41, 5.74) is 2.77. The molecule has 0 radical (unpaired) electrons. The number of nitrogens with zero attached hydrogens (tertiary/aromatic N) is 4. The van der Waals surface area contributed by atoms with Crippen molar-refractivity contribution in [1.29, 1.82) is 5.26 Å². The Kier molecular flexibility index (Phi) is 6.15. The Morgan fingerprint density at radius 2 is 2.13 bits per heavy atom. The number of halogens is 1. The van der Waals surface area contributed by atoms with Crippen LogP contribution in [0, 0.1) is 11.3 Å². The van der Waals surface area contributed by atoms with Crippen LogP contribution in [0.4, 0.5) is 0 Å². The fraction of sp³-hybridized carbons (Fsp3) is 0.211. The number of hydrogen-bond donors (Lipinski definition) is 3. The third-order valence-electron chi connectivity index (χ3n) is 4.52. The molecule has 2 aromatic heterocycles. The van der Waals surface area contributed by atoms with Gasteiger partial charge in [-0.2, -0.15) is 10.2 Å². The SMILES string of the molecule is COC(=O)c1cc(C(=O)O)nc2nc(O)cn12.N#Cc1ccc2c(c1)CC[C@@H]2NCl. The molecule has 0 aliphatic heterocycles. The fourth-order valence-corrected chi connectivity index (χ4v) is 3.35. The Morgan fingerprint density at radius 1 is 1.37 bits per heavy atom. The maximum Gasteiger partial charge on any atom is 0.355 e. The number of aromatic carboxylic acids is 1. The van der Waals surface area contributed by atoms with Gasteiger partial charge in [-0.3, -0.25) is 4.40 Å². The number of nitriles is 1. The number of hydrogen-bond acceptors (Lipinski definition) is 8. The van der Waals surface area contributed by atoms with E-state index in [9.17, 15) is 14.7 Å². The minimum Gasteiger partial charge on any atom is -0.492 e. The van der Waals surface area contributed by atoms with Gasteiger partial charge >= 0.3 is 11.9 Å². The molecule has 3 N–H and O–H groups in total. The lowest BCUT2D eigenvalue weighted by Gasteiger charge is -2.07. The lowest BCUT2D eigenvalue weighted by atomic mass is 10.1. The van der Waals surface area contributed by atoms with Crippen LogP contribution in [0.5, 0.6) is 5.88 Å². The lowest BCUT2D eigenvalue weighted by molar-refractivity contribution is 0.0592. The van der Waals surface area contributed by atoms with Crippen LogP contribution in [-0.2, 0) is 11.2 Å². The highest BCUT2D eigenvalue weighted by Crippen LogP contribution is 2.31. The first-order chi connectivity index (χ1) is 14.4. The van der Waals surface area contributed by atoms with Gasteiger partial charge in [-0.1, -0.05) is 6.07 Å². The second-order valence-corrected chi connectivity index (χ2v) is 6.54. The predicted octanol–water partition coefficient (Wildman–Crippen LogP) is 2.21. The monoisotopic (exact) mass is 429 g/mol. The number of nitrogens with one attached hydrogen (secondary N) is 1. The van der Waals surface area contributed by atoms with E-state index in [2.05, 4.69) is 25.6 Å². The van der Waals surface area contributed by atoms with E-state index in [4.69, 9.17) is 22.1 Å². The highest BCUT2D eigenvalue weighted by Gasteiger charge is 2.21. The van der Waals surface area contributed by atoms with Crippen molar-refractivity contribution in [3.05, 3.63) is 58.5 Å². The van der Waals surface area contributed by atoms with Crippen LogP contribution in [0.3, 0.4) is 0 Å². The average Bonchev–Trinajstić information content (AvgIpc) is 3.34. The molecule has 1 aromatic carbocycles. The van der Waals surface area contributed by atoms with Crippen LogP contribution in [-0.4, -0.2) is 43.6 Å². The number of imidazole rings is 1. The van der Waals surface area contributed by atoms with Crippen molar-refractivity contribution in [3.8, 4) is 11.9 Å². The molecule has 2 heterocycles. The van der Waals surface area contributed by atoms with Crippen molar-refractivity contribution in [2.45, 2.75) is 18.9 Å². The minimum absolute atomic E-state index is 0.0808. The standard InChI is InChI=1S/C10H9ClN2.C9H7N3O5/c11-13-10-4-2-8-5-7(6-12)1-3-9(8)10;1-17-8(16)5-2-4(7(14)15)10-9-11-6(13)3-12(5)9/h1,3,5,10,13H,2,4H2;2-3,13H,1H3,(H,14,15)/t10-;/m0./s1. The van der Waals surface area contributed by atoms with Gasteiger partial charge in [0.25, 0.3) is 0 Å². The number of aromatic hydroxyl groups is 1. The second kappa shape index (κ2) is 8.77. The number of methoxy groups -OCH3 is 1. The Morgan fingerprint density at radius 3 is 2.77 bits per heavy atom. The van der Waals surface area contributed by atoms with E-state index in [1.54, 1.807) is 0 Å². The summed E-state index contributed by atoms with van der Waals surface area (Å²) in [6, 6.07) is 9.21. The number of rotatable bonds is 3. The molecule has 1 atom stereocenters. The molecule has 1 aliphatic carbocycles.